The summed E-state index contributed by atoms with van der Waals surface area (Å²) in [5.74, 6) is 0. The smallest absolute Gasteiger partial charge is 0.0775 e. The van der Waals surface area contributed by atoms with Crippen molar-refractivity contribution in [2.45, 2.75) is 19.4 Å². The quantitative estimate of drug-likeness (QED) is 0.934. The molecule has 2 heterocycles. The van der Waals surface area contributed by atoms with Crippen LogP contribution in [-0.4, -0.2) is 18.1 Å². The lowest BCUT2D eigenvalue weighted by Gasteiger charge is -2.28. The molecule has 0 fully saturated rings. The molecule has 0 aromatic carbocycles. The van der Waals surface area contributed by atoms with Gasteiger partial charge in [0.25, 0.3) is 0 Å². The first-order valence-electron chi connectivity index (χ1n) is 5.73. The van der Waals surface area contributed by atoms with Crippen LogP contribution < -0.4 is 10.6 Å². The highest BCUT2D eigenvalue weighted by molar-refractivity contribution is 9.10. The zero-order valence-electron chi connectivity index (χ0n) is 10.4. The standard InChI is InChI=1S/C13H16BrN3S/c1-9(6-10-4-3-5-18-10)17(2)13-11(14)7-16-8-12(13)15/h3-5,7-9H,6,15H2,1-2H3. The third-order valence-electron chi connectivity index (χ3n) is 2.99. The first kappa shape index (κ1) is 13.4. The van der Waals surface area contributed by atoms with E-state index in [1.807, 2.05) is 0 Å². The number of thiophene rings is 1. The number of nitrogens with two attached hydrogens (primary N) is 1. The number of hydrogen-bond acceptors (Lipinski definition) is 4. The third kappa shape index (κ3) is 2.84. The predicted molar refractivity (Wildman–Crippen MR) is 82.2 cm³/mol. The van der Waals surface area contributed by atoms with Crippen LogP contribution in [0.15, 0.2) is 34.4 Å². The Balaban J connectivity index is 2.17. The molecule has 0 saturated heterocycles. The second kappa shape index (κ2) is 5.71. The highest BCUT2D eigenvalue weighted by Gasteiger charge is 2.16. The molecule has 2 aromatic rings. The summed E-state index contributed by atoms with van der Waals surface area (Å²) < 4.78 is 0.933. The van der Waals surface area contributed by atoms with Crippen LogP contribution in [0.1, 0.15) is 11.8 Å². The van der Waals surface area contributed by atoms with E-state index in [2.05, 4.69) is 57.3 Å². The fourth-order valence-electron chi connectivity index (χ4n) is 1.89. The zero-order chi connectivity index (χ0) is 13.1. The molecule has 0 saturated carbocycles. The molecule has 0 aliphatic carbocycles. The van der Waals surface area contributed by atoms with Gasteiger partial charge in [-0.15, -0.1) is 11.3 Å². The molecule has 5 heteroatoms. The number of nitrogen functional groups attached to an aromatic ring is 1. The topological polar surface area (TPSA) is 42.1 Å². The van der Waals surface area contributed by atoms with E-state index in [1.54, 1.807) is 23.7 Å². The summed E-state index contributed by atoms with van der Waals surface area (Å²) in [5.41, 5.74) is 7.71. The van der Waals surface area contributed by atoms with Crippen molar-refractivity contribution in [1.29, 1.82) is 0 Å². The number of hydrogen-bond donors (Lipinski definition) is 1. The van der Waals surface area contributed by atoms with Crippen molar-refractivity contribution in [2.24, 2.45) is 0 Å². The lowest BCUT2D eigenvalue weighted by molar-refractivity contribution is 0.687. The highest BCUT2D eigenvalue weighted by atomic mass is 79.9. The largest absolute Gasteiger partial charge is 0.396 e. The van der Waals surface area contributed by atoms with Gasteiger partial charge in [0.2, 0.25) is 0 Å². The van der Waals surface area contributed by atoms with E-state index < -0.39 is 0 Å². The molecule has 0 amide bonds. The minimum atomic E-state index is 0.379. The fourth-order valence-corrected chi connectivity index (χ4v) is 3.35. The summed E-state index contributed by atoms with van der Waals surface area (Å²) in [7, 11) is 2.06. The average molecular weight is 326 g/mol. The van der Waals surface area contributed by atoms with Gasteiger partial charge in [-0.1, -0.05) is 6.07 Å². The predicted octanol–water partition coefficient (Wildman–Crippen LogP) is 3.56. The lowest BCUT2D eigenvalue weighted by atomic mass is 10.1. The molecule has 0 aliphatic heterocycles. The van der Waals surface area contributed by atoms with Gasteiger partial charge in [-0.05, 0) is 34.3 Å². The van der Waals surface area contributed by atoms with Gasteiger partial charge < -0.3 is 10.6 Å². The molecular weight excluding hydrogens is 310 g/mol. The van der Waals surface area contributed by atoms with Crippen LogP contribution in [0.3, 0.4) is 0 Å². The summed E-state index contributed by atoms with van der Waals surface area (Å²) in [5, 5.41) is 2.11. The van der Waals surface area contributed by atoms with Crippen molar-refractivity contribution in [3.63, 3.8) is 0 Å². The summed E-state index contributed by atoms with van der Waals surface area (Å²) >= 11 is 5.30. The maximum Gasteiger partial charge on any atom is 0.0775 e. The van der Waals surface area contributed by atoms with Crippen molar-refractivity contribution in [2.75, 3.05) is 17.7 Å². The van der Waals surface area contributed by atoms with Gasteiger partial charge in [0.1, 0.15) is 0 Å². The zero-order valence-corrected chi connectivity index (χ0v) is 12.8. The van der Waals surface area contributed by atoms with Crippen LogP contribution in [0.4, 0.5) is 11.4 Å². The molecule has 1 unspecified atom stereocenters. The normalized spacial score (nSPS) is 12.4. The Hall–Kier alpha value is -1.07. The summed E-state index contributed by atoms with van der Waals surface area (Å²) in [6.07, 6.45) is 4.48. The third-order valence-corrected chi connectivity index (χ3v) is 4.47. The molecular formula is C13H16BrN3S. The number of rotatable bonds is 4. The average Bonchev–Trinajstić information content (AvgIpc) is 2.81. The van der Waals surface area contributed by atoms with Crippen molar-refractivity contribution in [3.05, 3.63) is 39.3 Å². The monoisotopic (exact) mass is 325 g/mol. The van der Waals surface area contributed by atoms with Crippen molar-refractivity contribution >= 4 is 38.6 Å². The van der Waals surface area contributed by atoms with Crippen LogP contribution >= 0.6 is 27.3 Å². The van der Waals surface area contributed by atoms with Gasteiger partial charge in [-0.3, -0.25) is 4.98 Å². The number of halogens is 1. The molecule has 0 bridgehead atoms. The van der Waals surface area contributed by atoms with Crippen molar-refractivity contribution < 1.29 is 0 Å². The highest BCUT2D eigenvalue weighted by Crippen LogP contribution is 2.32. The van der Waals surface area contributed by atoms with Gasteiger partial charge in [-0.2, -0.15) is 0 Å². The molecule has 2 aromatic heterocycles. The first-order valence-corrected chi connectivity index (χ1v) is 7.41. The molecule has 0 spiro atoms. The van der Waals surface area contributed by atoms with Crippen LogP contribution in [0.2, 0.25) is 0 Å². The van der Waals surface area contributed by atoms with E-state index in [9.17, 15) is 0 Å². The maximum absolute atomic E-state index is 6.00. The molecule has 1 atom stereocenters. The number of likely N-dealkylation sites (N-methyl/N-ethyl adjacent to an activating group) is 1. The maximum atomic E-state index is 6.00. The second-order valence-electron chi connectivity index (χ2n) is 4.30. The van der Waals surface area contributed by atoms with E-state index >= 15 is 0 Å². The van der Waals surface area contributed by atoms with Gasteiger partial charge >= 0.3 is 0 Å². The van der Waals surface area contributed by atoms with Crippen LogP contribution in [0, 0.1) is 0 Å². The fraction of sp³-hybridized carbons (Fsp3) is 0.308. The molecule has 18 heavy (non-hydrogen) atoms. The van der Waals surface area contributed by atoms with E-state index in [1.165, 1.54) is 4.88 Å². The minimum Gasteiger partial charge on any atom is -0.396 e. The Morgan fingerprint density at radius 2 is 2.28 bits per heavy atom. The molecule has 0 radical (unpaired) electrons. The van der Waals surface area contributed by atoms with Crippen LogP contribution in [0.25, 0.3) is 0 Å². The number of pyridine rings is 1. The molecule has 2 rings (SSSR count). The van der Waals surface area contributed by atoms with Crippen LogP contribution in [0.5, 0.6) is 0 Å². The van der Waals surface area contributed by atoms with E-state index in [0.717, 1.165) is 16.6 Å². The molecule has 3 nitrogen and oxygen atoms in total. The minimum absolute atomic E-state index is 0.379. The Labute approximate surface area is 120 Å². The van der Waals surface area contributed by atoms with Crippen molar-refractivity contribution in [1.82, 2.24) is 4.98 Å². The first-order chi connectivity index (χ1) is 8.59. The van der Waals surface area contributed by atoms with Gasteiger partial charge in [0.15, 0.2) is 0 Å². The number of anilines is 2. The molecule has 0 aliphatic rings. The van der Waals surface area contributed by atoms with Crippen LogP contribution in [-0.2, 0) is 6.42 Å². The SMILES string of the molecule is CC(Cc1cccs1)N(C)c1c(N)cncc1Br. The Kier molecular flexibility index (Phi) is 4.24. The second-order valence-corrected chi connectivity index (χ2v) is 6.19. The van der Waals surface area contributed by atoms with Gasteiger partial charge in [0, 0.05) is 30.6 Å². The Morgan fingerprint density at radius 1 is 1.50 bits per heavy atom. The van der Waals surface area contributed by atoms with E-state index in [0.29, 0.717) is 11.7 Å². The number of nitrogens with zero attached hydrogens (tertiary/aromatic N) is 2. The van der Waals surface area contributed by atoms with E-state index in [-0.39, 0.29) is 0 Å². The van der Waals surface area contributed by atoms with Crippen molar-refractivity contribution in [3.8, 4) is 0 Å². The lowest BCUT2D eigenvalue weighted by Crippen LogP contribution is -2.31. The van der Waals surface area contributed by atoms with E-state index in [4.69, 9.17) is 5.73 Å². The Morgan fingerprint density at radius 3 is 2.89 bits per heavy atom. The summed E-state index contributed by atoms with van der Waals surface area (Å²) in [6, 6.07) is 4.63. The summed E-state index contributed by atoms with van der Waals surface area (Å²) in [4.78, 5) is 7.65. The number of aromatic nitrogens is 1. The van der Waals surface area contributed by atoms with Gasteiger partial charge in [0.05, 0.1) is 22.0 Å². The molecule has 2 N–H and O–H groups in total. The van der Waals surface area contributed by atoms with Gasteiger partial charge in [-0.25, -0.2) is 0 Å². The Bertz CT molecular complexity index is 493. The molecule has 96 valence electrons. The summed E-state index contributed by atoms with van der Waals surface area (Å²) in [6.45, 7) is 2.20.